The molecule has 0 saturated heterocycles. The van der Waals surface area contributed by atoms with Crippen molar-refractivity contribution in [1.82, 2.24) is 4.98 Å². The van der Waals surface area contributed by atoms with Gasteiger partial charge in [-0.15, -0.1) is 0 Å². The third-order valence-electron chi connectivity index (χ3n) is 3.42. The van der Waals surface area contributed by atoms with Crippen molar-refractivity contribution in [3.05, 3.63) is 65.0 Å². The minimum absolute atomic E-state index is 0.130. The average molecular weight is 405 g/mol. The van der Waals surface area contributed by atoms with Gasteiger partial charge < -0.3 is 19.5 Å². The molecule has 1 aromatic heterocycles. The molecular formula is C20H21ClN2O5. The van der Waals surface area contributed by atoms with Crippen LogP contribution in [0.15, 0.2) is 54.4 Å². The Kier molecular flexibility index (Phi) is 8.30. The Bertz CT molecular complexity index is 820. The van der Waals surface area contributed by atoms with Crippen molar-refractivity contribution in [1.29, 1.82) is 0 Å². The number of nitrogens with one attached hydrogen (secondary N) is 1. The zero-order valence-electron chi connectivity index (χ0n) is 15.6. The van der Waals surface area contributed by atoms with Gasteiger partial charge in [0.2, 0.25) is 5.88 Å². The number of carbonyl (C=O) groups is 2. The second kappa shape index (κ2) is 10.9. The summed E-state index contributed by atoms with van der Waals surface area (Å²) in [6.07, 6.45) is 2.62. The van der Waals surface area contributed by atoms with Crippen molar-refractivity contribution in [2.24, 2.45) is 0 Å². The maximum Gasteiger partial charge on any atom is 0.347 e. The van der Waals surface area contributed by atoms with Crippen molar-refractivity contribution in [3.63, 3.8) is 0 Å². The minimum Gasteiger partial charge on any atom is -0.473 e. The molecule has 148 valence electrons. The fraction of sp³-hybridized carbons (Fsp3) is 0.250. The number of anilines is 1. The lowest BCUT2D eigenvalue weighted by molar-refractivity contribution is -0.146. The van der Waals surface area contributed by atoms with Crippen LogP contribution in [0.5, 0.6) is 5.88 Å². The number of rotatable bonds is 9. The first-order valence-electron chi connectivity index (χ1n) is 8.68. The molecule has 7 nitrogen and oxygen atoms in total. The summed E-state index contributed by atoms with van der Waals surface area (Å²) in [7, 11) is 0. The molecule has 2 rings (SSSR count). The molecule has 8 heteroatoms. The van der Waals surface area contributed by atoms with E-state index >= 15 is 0 Å². The number of hydrogen-bond acceptors (Lipinski definition) is 7. The Morgan fingerprint density at radius 1 is 1.11 bits per heavy atom. The predicted octanol–water partition coefficient (Wildman–Crippen LogP) is 3.74. The van der Waals surface area contributed by atoms with E-state index in [2.05, 4.69) is 10.3 Å². The number of pyridine rings is 1. The highest BCUT2D eigenvalue weighted by atomic mass is 35.5. The van der Waals surface area contributed by atoms with Crippen LogP contribution >= 0.6 is 11.6 Å². The zero-order chi connectivity index (χ0) is 20.4. The molecule has 0 aliphatic rings. The molecule has 1 heterocycles. The number of halogens is 1. The van der Waals surface area contributed by atoms with E-state index in [4.69, 9.17) is 25.8 Å². The van der Waals surface area contributed by atoms with Gasteiger partial charge >= 0.3 is 11.9 Å². The van der Waals surface area contributed by atoms with Gasteiger partial charge in [0.15, 0.2) is 5.57 Å². The van der Waals surface area contributed by atoms with Gasteiger partial charge in [0.05, 0.1) is 30.1 Å². The van der Waals surface area contributed by atoms with Crippen LogP contribution < -0.4 is 10.1 Å². The van der Waals surface area contributed by atoms with Gasteiger partial charge in [-0.1, -0.05) is 41.9 Å². The third kappa shape index (κ3) is 6.28. The van der Waals surface area contributed by atoms with Crippen LogP contribution in [0.2, 0.25) is 5.02 Å². The number of nitrogens with zero attached hydrogens (tertiary/aromatic N) is 1. The number of ether oxygens (including phenoxy) is 3. The lowest BCUT2D eigenvalue weighted by Gasteiger charge is -2.10. The molecule has 0 saturated carbocycles. The molecule has 0 radical (unpaired) electrons. The van der Waals surface area contributed by atoms with Gasteiger partial charge in [0, 0.05) is 12.3 Å². The highest BCUT2D eigenvalue weighted by molar-refractivity contribution is 6.33. The van der Waals surface area contributed by atoms with Crippen LogP contribution in [0.1, 0.15) is 19.4 Å². The third-order valence-corrected chi connectivity index (χ3v) is 3.73. The van der Waals surface area contributed by atoms with E-state index in [0.29, 0.717) is 23.2 Å². The monoisotopic (exact) mass is 404 g/mol. The Morgan fingerprint density at radius 3 is 2.32 bits per heavy atom. The summed E-state index contributed by atoms with van der Waals surface area (Å²) < 4.78 is 15.3. The molecule has 2 aromatic rings. The van der Waals surface area contributed by atoms with Crippen LogP contribution in [-0.4, -0.2) is 30.1 Å². The van der Waals surface area contributed by atoms with Crippen LogP contribution in [0, 0.1) is 0 Å². The molecule has 0 amide bonds. The van der Waals surface area contributed by atoms with E-state index in [9.17, 15) is 9.59 Å². The van der Waals surface area contributed by atoms with Gasteiger partial charge in [-0.25, -0.2) is 14.6 Å². The molecule has 1 aromatic carbocycles. The Morgan fingerprint density at radius 2 is 1.75 bits per heavy atom. The molecule has 1 N–H and O–H groups in total. The molecule has 0 fully saturated rings. The van der Waals surface area contributed by atoms with Crippen molar-refractivity contribution < 1.29 is 23.8 Å². The van der Waals surface area contributed by atoms with E-state index in [-0.39, 0.29) is 18.8 Å². The van der Waals surface area contributed by atoms with Crippen LogP contribution in [0.4, 0.5) is 5.69 Å². The first kappa shape index (κ1) is 21.2. The SMILES string of the molecule is CCOC(=O)C(=CNc1cnc(OCc2ccccc2)cc1Cl)C(=O)OCC. The number of aromatic nitrogens is 1. The minimum atomic E-state index is -0.791. The normalized spacial score (nSPS) is 9.96. The zero-order valence-corrected chi connectivity index (χ0v) is 16.4. The first-order valence-corrected chi connectivity index (χ1v) is 9.06. The van der Waals surface area contributed by atoms with Crippen LogP contribution in [0.25, 0.3) is 0 Å². The van der Waals surface area contributed by atoms with Gasteiger partial charge in [-0.2, -0.15) is 0 Å². The smallest absolute Gasteiger partial charge is 0.347 e. The summed E-state index contributed by atoms with van der Waals surface area (Å²) >= 11 is 6.23. The van der Waals surface area contributed by atoms with E-state index in [1.807, 2.05) is 30.3 Å². The lowest BCUT2D eigenvalue weighted by atomic mass is 10.2. The molecule has 0 aliphatic heterocycles. The molecule has 0 atom stereocenters. The first-order chi connectivity index (χ1) is 13.5. The molecule has 0 aliphatic carbocycles. The fourth-order valence-corrected chi connectivity index (χ4v) is 2.30. The number of esters is 2. The molecule has 0 unspecified atom stereocenters. The summed E-state index contributed by atoms with van der Waals surface area (Å²) in [6, 6.07) is 11.2. The highest BCUT2D eigenvalue weighted by Crippen LogP contribution is 2.25. The summed E-state index contributed by atoms with van der Waals surface area (Å²) in [5.41, 5.74) is 1.11. The van der Waals surface area contributed by atoms with Crippen LogP contribution in [0.3, 0.4) is 0 Å². The fourth-order valence-electron chi connectivity index (χ4n) is 2.10. The van der Waals surface area contributed by atoms with E-state index in [1.54, 1.807) is 13.8 Å². The van der Waals surface area contributed by atoms with E-state index in [1.165, 1.54) is 18.5 Å². The van der Waals surface area contributed by atoms with Crippen LogP contribution in [-0.2, 0) is 25.7 Å². The number of carbonyl (C=O) groups excluding carboxylic acids is 2. The van der Waals surface area contributed by atoms with Gasteiger partial charge in [-0.3, -0.25) is 0 Å². The topological polar surface area (TPSA) is 86.8 Å². The quantitative estimate of drug-likeness (QED) is 0.295. The van der Waals surface area contributed by atoms with Crippen molar-refractivity contribution in [3.8, 4) is 5.88 Å². The highest BCUT2D eigenvalue weighted by Gasteiger charge is 2.21. The lowest BCUT2D eigenvalue weighted by Crippen LogP contribution is -2.19. The number of benzene rings is 1. The summed E-state index contributed by atoms with van der Waals surface area (Å²) in [5, 5.41) is 3.09. The van der Waals surface area contributed by atoms with Crippen molar-refractivity contribution >= 4 is 29.2 Å². The summed E-state index contributed by atoms with van der Waals surface area (Å²) in [5.74, 6) is -1.24. The van der Waals surface area contributed by atoms with Crippen molar-refractivity contribution in [2.75, 3.05) is 18.5 Å². The summed E-state index contributed by atoms with van der Waals surface area (Å²) in [4.78, 5) is 28.0. The largest absolute Gasteiger partial charge is 0.473 e. The second-order valence-electron chi connectivity index (χ2n) is 5.42. The van der Waals surface area contributed by atoms with E-state index in [0.717, 1.165) is 5.56 Å². The molecular weight excluding hydrogens is 384 g/mol. The van der Waals surface area contributed by atoms with Gasteiger partial charge in [-0.05, 0) is 19.4 Å². The van der Waals surface area contributed by atoms with Gasteiger partial charge in [0.1, 0.15) is 6.61 Å². The average Bonchev–Trinajstić information content (AvgIpc) is 2.69. The Hall–Kier alpha value is -3.06. The number of hydrogen-bond donors (Lipinski definition) is 1. The van der Waals surface area contributed by atoms with E-state index < -0.39 is 11.9 Å². The molecule has 0 spiro atoms. The maximum absolute atomic E-state index is 11.9. The molecule has 0 bridgehead atoms. The summed E-state index contributed by atoms with van der Waals surface area (Å²) in [6.45, 7) is 3.90. The maximum atomic E-state index is 11.9. The van der Waals surface area contributed by atoms with Crippen molar-refractivity contribution in [2.45, 2.75) is 20.5 Å². The van der Waals surface area contributed by atoms with Gasteiger partial charge in [0.25, 0.3) is 0 Å². The standard InChI is InChI=1S/C20H21ClN2O5/c1-3-26-19(24)15(20(25)27-4-2)11-22-17-12-23-18(10-16(17)21)28-13-14-8-6-5-7-9-14/h5-12,22H,3-4,13H2,1-2H3. The Balaban J connectivity index is 2.08. The molecule has 28 heavy (non-hydrogen) atoms. The predicted molar refractivity (Wildman–Crippen MR) is 105 cm³/mol. The second-order valence-corrected chi connectivity index (χ2v) is 5.83. The Labute approximate surface area is 168 Å².